The molecule has 0 N–H and O–H groups in total. The van der Waals surface area contributed by atoms with Crippen LogP contribution in [0, 0.1) is 0 Å². The van der Waals surface area contributed by atoms with Gasteiger partial charge in [0, 0.05) is 44.0 Å². The van der Waals surface area contributed by atoms with Crippen molar-refractivity contribution in [1.29, 1.82) is 0 Å². The van der Waals surface area contributed by atoms with Gasteiger partial charge in [-0.2, -0.15) is 0 Å². The fourth-order valence-corrected chi connectivity index (χ4v) is 11.7. The SMILES string of the molecule is O=P12B3c4ccccc4-c4ccccc4N3c3cc(-n4c5ccccc5c5ccccc54)cc(c31)-c1ccccc12. The van der Waals surface area contributed by atoms with Gasteiger partial charge >= 0.3 is 6.57 Å². The first-order valence-corrected chi connectivity index (χ1v) is 15.9. The summed E-state index contributed by atoms with van der Waals surface area (Å²) in [5, 5.41) is 4.47. The second-order valence-electron chi connectivity index (χ2n) is 11.3. The molecular formula is C36H22BN2OP. The number of anilines is 2. The van der Waals surface area contributed by atoms with Crippen LogP contribution >= 0.6 is 7.02 Å². The first kappa shape index (κ1) is 22.0. The summed E-state index contributed by atoms with van der Waals surface area (Å²) in [6.07, 6.45) is 0. The van der Waals surface area contributed by atoms with Crippen molar-refractivity contribution in [2.24, 2.45) is 0 Å². The zero-order valence-corrected chi connectivity index (χ0v) is 22.9. The van der Waals surface area contributed by atoms with Crippen LogP contribution in [0.2, 0.25) is 0 Å². The number of aromatic nitrogens is 1. The lowest BCUT2D eigenvalue weighted by molar-refractivity contribution is 0.595. The molecule has 3 aliphatic rings. The lowest BCUT2D eigenvalue weighted by atomic mass is 9.69. The monoisotopic (exact) mass is 540 g/mol. The molecule has 1 aromatic heterocycles. The highest BCUT2D eigenvalue weighted by molar-refractivity contribution is 8.09. The summed E-state index contributed by atoms with van der Waals surface area (Å²) in [6.45, 7) is -0.264. The zero-order valence-electron chi connectivity index (χ0n) is 22.0. The molecule has 0 saturated heterocycles. The van der Waals surface area contributed by atoms with Gasteiger partial charge in [0.25, 0.3) is 0 Å². The first-order chi connectivity index (χ1) is 20.2. The van der Waals surface area contributed by atoms with Crippen molar-refractivity contribution in [3.63, 3.8) is 0 Å². The molecule has 0 fully saturated rings. The minimum absolute atomic E-state index is 0.264. The van der Waals surface area contributed by atoms with E-state index in [1.165, 1.54) is 32.9 Å². The van der Waals surface area contributed by atoms with Crippen LogP contribution in [0.15, 0.2) is 133 Å². The van der Waals surface area contributed by atoms with E-state index >= 15 is 4.57 Å². The summed E-state index contributed by atoms with van der Waals surface area (Å²) >= 11 is 0. The van der Waals surface area contributed by atoms with Gasteiger partial charge in [0.15, 0.2) is 0 Å². The Hall–Kier alpha value is -4.79. The highest BCUT2D eigenvalue weighted by atomic mass is 31.2. The Morgan fingerprint density at radius 2 is 1.15 bits per heavy atom. The standard InChI is InChI=1S/C36H22BN2OP/c40-41-35-20-10-5-15-28(35)29-21-23(38-31-17-7-2-13-26(31)27-14-3-8-18-32(27)38)22-34(36(29)41)39-33-19-9-4-12-25(33)24-11-1-6-16-30(24)37(39)41/h1-22H. The van der Waals surface area contributed by atoms with Crippen LogP contribution in [0.1, 0.15) is 0 Å². The number of hydrogen-bond donors (Lipinski definition) is 0. The number of hydrogen-bond acceptors (Lipinski definition) is 2. The molecule has 0 bridgehead atoms. The Morgan fingerprint density at radius 1 is 0.537 bits per heavy atom. The maximum atomic E-state index is 15.8. The number of nitrogens with zero attached hydrogens (tertiary/aromatic N) is 2. The van der Waals surface area contributed by atoms with E-state index < -0.39 is 7.02 Å². The third kappa shape index (κ3) is 2.52. The molecule has 0 radical (unpaired) electrons. The van der Waals surface area contributed by atoms with E-state index in [1.54, 1.807) is 0 Å². The summed E-state index contributed by atoms with van der Waals surface area (Å²) in [5.74, 6) is 0. The van der Waals surface area contributed by atoms with Gasteiger partial charge in [-0.15, -0.1) is 0 Å². The minimum atomic E-state index is -3.03. The van der Waals surface area contributed by atoms with Crippen LogP contribution < -0.4 is 20.9 Å². The second-order valence-corrected chi connectivity index (χ2v) is 14.0. The smallest absolute Gasteiger partial charge is 0.373 e. The van der Waals surface area contributed by atoms with Crippen molar-refractivity contribution in [3.8, 4) is 27.9 Å². The normalized spacial score (nSPS) is 17.4. The predicted octanol–water partition coefficient (Wildman–Crippen LogP) is 7.61. The Labute approximate surface area is 237 Å². The van der Waals surface area contributed by atoms with Gasteiger partial charge < -0.3 is 13.9 Å². The van der Waals surface area contributed by atoms with Crippen LogP contribution in [0.5, 0.6) is 0 Å². The molecule has 190 valence electrons. The van der Waals surface area contributed by atoms with Crippen molar-refractivity contribution < 1.29 is 4.57 Å². The quantitative estimate of drug-likeness (QED) is 0.158. The van der Waals surface area contributed by atoms with Gasteiger partial charge in [-0.3, -0.25) is 0 Å². The summed E-state index contributed by atoms with van der Waals surface area (Å²) in [6, 6.07) is 47.4. The van der Waals surface area contributed by atoms with Gasteiger partial charge in [0.05, 0.1) is 11.0 Å². The van der Waals surface area contributed by atoms with Crippen molar-refractivity contribution >= 4 is 62.8 Å². The van der Waals surface area contributed by atoms with Crippen LogP contribution in [-0.4, -0.2) is 11.1 Å². The zero-order chi connectivity index (χ0) is 26.9. The van der Waals surface area contributed by atoms with Gasteiger partial charge in [0.2, 0.25) is 0 Å². The number of rotatable bonds is 1. The van der Waals surface area contributed by atoms with Gasteiger partial charge in [0.1, 0.15) is 7.02 Å². The molecule has 41 heavy (non-hydrogen) atoms. The summed E-state index contributed by atoms with van der Waals surface area (Å²) < 4.78 is 18.2. The topological polar surface area (TPSA) is 25.2 Å². The third-order valence-corrected chi connectivity index (χ3v) is 12.8. The highest BCUT2D eigenvalue weighted by Crippen LogP contribution is 2.65. The van der Waals surface area contributed by atoms with Crippen molar-refractivity contribution in [2.75, 3.05) is 4.81 Å². The Morgan fingerprint density at radius 3 is 1.93 bits per heavy atom. The summed E-state index contributed by atoms with van der Waals surface area (Å²) in [4.78, 5) is 2.39. The van der Waals surface area contributed by atoms with Crippen molar-refractivity contribution in [1.82, 2.24) is 4.57 Å². The number of benzene rings is 6. The fourth-order valence-electron chi connectivity index (χ4n) is 7.81. The van der Waals surface area contributed by atoms with E-state index in [4.69, 9.17) is 0 Å². The Balaban J connectivity index is 1.37. The van der Waals surface area contributed by atoms with Gasteiger partial charge in [-0.25, -0.2) is 0 Å². The lowest BCUT2D eigenvalue weighted by Gasteiger charge is -2.35. The Bertz CT molecular complexity index is 2280. The van der Waals surface area contributed by atoms with Crippen molar-refractivity contribution in [2.45, 2.75) is 0 Å². The van der Waals surface area contributed by atoms with Crippen LogP contribution in [0.4, 0.5) is 11.4 Å². The van der Waals surface area contributed by atoms with E-state index in [1.807, 2.05) is 6.07 Å². The minimum Gasteiger partial charge on any atom is -0.373 e. The average Bonchev–Trinajstić information content (AvgIpc) is 3.61. The molecule has 3 aliphatic heterocycles. The van der Waals surface area contributed by atoms with E-state index in [9.17, 15) is 0 Å². The second kappa shape index (κ2) is 7.48. The molecular weight excluding hydrogens is 518 g/mol. The number of fused-ring (bicyclic) bond motifs is 14. The molecule has 0 spiro atoms. The third-order valence-electron chi connectivity index (χ3n) is 9.34. The average molecular weight is 540 g/mol. The molecule has 7 aromatic rings. The van der Waals surface area contributed by atoms with E-state index in [0.717, 1.165) is 44.3 Å². The summed E-state index contributed by atoms with van der Waals surface area (Å²) in [7, 11) is -3.03. The molecule has 0 saturated carbocycles. The maximum absolute atomic E-state index is 15.8. The fraction of sp³-hybridized carbons (Fsp3) is 0. The first-order valence-electron chi connectivity index (χ1n) is 14.1. The molecule has 1 unspecified atom stereocenters. The highest BCUT2D eigenvalue weighted by Gasteiger charge is 2.60. The maximum Gasteiger partial charge on any atom is 0.377 e. The predicted molar refractivity (Wildman–Crippen MR) is 172 cm³/mol. The van der Waals surface area contributed by atoms with E-state index in [-0.39, 0.29) is 6.57 Å². The molecule has 5 heteroatoms. The van der Waals surface area contributed by atoms with Crippen LogP contribution in [0.3, 0.4) is 0 Å². The van der Waals surface area contributed by atoms with Gasteiger partial charge in [-0.05, 0) is 52.5 Å². The summed E-state index contributed by atoms with van der Waals surface area (Å²) in [5.41, 5.74) is 11.4. The molecule has 1 atom stereocenters. The molecule has 3 nitrogen and oxygen atoms in total. The van der Waals surface area contributed by atoms with Crippen LogP contribution in [0.25, 0.3) is 49.7 Å². The van der Waals surface area contributed by atoms with E-state index in [2.05, 4.69) is 137 Å². The van der Waals surface area contributed by atoms with E-state index in [0.29, 0.717) is 0 Å². The largest absolute Gasteiger partial charge is 0.377 e. The Kier molecular flexibility index (Phi) is 4.01. The van der Waals surface area contributed by atoms with Gasteiger partial charge in [-0.1, -0.05) is 103 Å². The molecule has 6 aromatic carbocycles. The number of para-hydroxylation sites is 3. The van der Waals surface area contributed by atoms with Crippen LogP contribution in [-0.2, 0) is 4.57 Å². The molecule has 0 amide bonds. The lowest BCUT2D eigenvalue weighted by Crippen LogP contribution is -2.48. The molecule has 0 aliphatic carbocycles. The molecule has 4 heterocycles. The van der Waals surface area contributed by atoms with Crippen molar-refractivity contribution in [3.05, 3.63) is 133 Å². The molecule has 10 rings (SSSR count).